The average Bonchev–Trinajstić information content (AvgIpc) is 2.63. The van der Waals surface area contributed by atoms with Crippen LogP contribution in [0.15, 0.2) is 18.5 Å². The molecule has 2 rings (SSSR count). The number of nitrogens with zero attached hydrogens (tertiary/aromatic N) is 2. The molecular weight excluding hydrogens is 300 g/mol. The molecule has 0 bridgehead atoms. The molecule has 0 spiro atoms. The van der Waals surface area contributed by atoms with E-state index in [1.165, 1.54) is 18.6 Å². The summed E-state index contributed by atoms with van der Waals surface area (Å²) in [5.74, 6) is -0.212. The predicted molar refractivity (Wildman–Crippen MR) is 77.6 cm³/mol. The van der Waals surface area contributed by atoms with Gasteiger partial charge in [0.05, 0.1) is 15.8 Å². The van der Waals surface area contributed by atoms with E-state index in [-0.39, 0.29) is 12.5 Å². The number of hydrogen-bond acceptors (Lipinski definition) is 4. The highest BCUT2D eigenvalue weighted by Crippen LogP contribution is 2.19. The monoisotopic (exact) mass is 316 g/mol. The Morgan fingerprint density at radius 1 is 1.40 bits per heavy atom. The van der Waals surface area contributed by atoms with Crippen molar-refractivity contribution >= 4 is 27.3 Å². The number of pyridine rings is 1. The number of amides is 1. The summed E-state index contributed by atoms with van der Waals surface area (Å²) in [5.41, 5.74) is 0.395. The van der Waals surface area contributed by atoms with Crippen LogP contribution in [0.25, 0.3) is 0 Å². The van der Waals surface area contributed by atoms with Gasteiger partial charge in [-0.3, -0.25) is 9.78 Å². The van der Waals surface area contributed by atoms with Crippen LogP contribution >= 0.6 is 11.6 Å². The molecule has 2 heterocycles. The van der Waals surface area contributed by atoms with Crippen LogP contribution in [0.4, 0.5) is 0 Å². The molecule has 0 N–H and O–H groups in total. The molecule has 5 nitrogen and oxygen atoms in total. The van der Waals surface area contributed by atoms with E-state index in [1.807, 2.05) is 0 Å². The van der Waals surface area contributed by atoms with E-state index < -0.39 is 15.1 Å². The molecule has 0 aromatic carbocycles. The lowest BCUT2D eigenvalue weighted by atomic mass is 10.2. The molecule has 0 saturated carbocycles. The summed E-state index contributed by atoms with van der Waals surface area (Å²) in [5, 5.41) is -0.0913. The Kier molecular flexibility index (Phi) is 4.65. The molecule has 1 fully saturated rings. The second kappa shape index (κ2) is 6.10. The minimum Gasteiger partial charge on any atom is -0.337 e. The lowest BCUT2D eigenvalue weighted by molar-refractivity contribution is 0.0762. The number of sulfone groups is 1. The summed E-state index contributed by atoms with van der Waals surface area (Å²) in [6, 6.07) is 1.55. The van der Waals surface area contributed by atoms with Crippen molar-refractivity contribution in [1.29, 1.82) is 0 Å². The lowest BCUT2D eigenvalue weighted by Gasteiger charge is -2.23. The zero-order valence-corrected chi connectivity index (χ0v) is 12.8. The topological polar surface area (TPSA) is 67.3 Å². The van der Waals surface area contributed by atoms with Crippen LogP contribution < -0.4 is 0 Å². The fourth-order valence-electron chi connectivity index (χ4n) is 2.35. The summed E-state index contributed by atoms with van der Waals surface area (Å²) >= 11 is 5.83. The van der Waals surface area contributed by atoms with Gasteiger partial charge in [0.2, 0.25) is 0 Å². The fourth-order valence-corrected chi connectivity index (χ4v) is 3.57. The van der Waals surface area contributed by atoms with Crippen molar-refractivity contribution < 1.29 is 13.2 Å². The number of likely N-dealkylation sites (tertiary alicyclic amines) is 1. The molecule has 1 amide bonds. The van der Waals surface area contributed by atoms with Crippen molar-refractivity contribution in [2.75, 3.05) is 19.3 Å². The van der Waals surface area contributed by atoms with Crippen molar-refractivity contribution in [2.24, 2.45) is 0 Å². The van der Waals surface area contributed by atoms with Gasteiger partial charge in [-0.15, -0.1) is 0 Å². The van der Waals surface area contributed by atoms with E-state index in [4.69, 9.17) is 11.6 Å². The molecule has 7 heteroatoms. The number of rotatable bonds is 2. The van der Waals surface area contributed by atoms with Gasteiger partial charge in [-0.25, -0.2) is 8.42 Å². The van der Waals surface area contributed by atoms with Crippen LogP contribution in [-0.2, 0) is 9.84 Å². The van der Waals surface area contributed by atoms with Crippen LogP contribution in [0.3, 0.4) is 0 Å². The molecular formula is C13H17ClN2O3S. The second-order valence-corrected chi connectivity index (χ2v) is 7.85. The van der Waals surface area contributed by atoms with Gasteiger partial charge in [0, 0.05) is 31.7 Å². The minimum atomic E-state index is -3.14. The zero-order chi connectivity index (χ0) is 14.8. The summed E-state index contributed by atoms with van der Waals surface area (Å²) in [6.45, 7) is 0.807. The van der Waals surface area contributed by atoms with Gasteiger partial charge in [-0.1, -0.05) is 18.0 Å². The molecule has 110 valence electrons. The van der Waals surface area contributed by atoms with E-state index >= 15 is 0 Å². The molecule has 0 aliphatic carbocycles. The Bertz CT molecular complexity index is 603. The van der Waals surface area contributed by atoms with Gasteiger partial charge < -0.3 is 4.90 Å². The first-order chi connectivity index (χ1) is 9.38. The third kappa shape index (κ3) is 3.70. The normalized spacial score (nSPS) is 20.5. The number of halogens is 1. The maximum Gasteiger partial charge on any atom is 0.255 e. The first-order valence-corrected chi connectivity index (χ1v) is 8.80. The number of carbonyl (C=O) groups excluding carboxylic acids is 1. The van der Waals surface area contributed by atoms with Gasteiger partial charge in [0.1, 0.15) is 0 Å². The van der Waals surface area contributed by atoms with E-state index in [0.29, 0.717) is 23.6 Å². The Morgan fingerprint density at radius 3 is 2.80 bits per heavy atom. The van der Waals surface area contributed by atoms with Crippen molar-refractivity contribution in [2.45, 2.75) is 24.5 Å². The summed E-state index contributed by atoms with van der Waals surface area (Å²) in [4.78, 5) is 17.9. The van der Waals surface area contributed by atoms with Crippen LogP contribution in [0, 0.1) is 0 Å². The molecule has 1 aromatic rings. The van der Waals surface area contributed by atoms with Crippen molar-refractivity contribution in [1.82, 2.24) is 9.88 Å². The number of aromatic nitrogens is 1. The smallest absolute Gasteiger partial charge is 0.255 e. The van der Waals surface area contributed by atoms with Gasteiger partial charge in [0.15, 0.2) is 9.84 Å². The molecule has 1 unspecified atom stereocenters. The number of hydrogen-bond donors (Lipinski definition) is 0. The maximum atomic E-state index is 12.4. The average molecular weight is 317 g/mol. The van der Waals surface area contributed by atoms with E-state index in [1.54, 1.807) is 11.0 Å². The SMILES string of the molecule is CS(=O)(=O)C1CCCCN(C(=O)c2cncc(Cl)c2)C1. The first-order valence-electron chi connectivity index (χ1n) is 6.46. The van der Waals surface area contributed by atoms with E-state index in [9.17, 15) is 13.2 Å². The number of carbonyl (C=O) groups is 1. The first kappa shape index (κ1) is 15.3. The standard InChI is InChI=1S/C13H17ClN2O3S/c1-20(18,19)12-4-2-3-5-16(9-12)13(17)10-6-11(14)8-15-7-10/h6-8,12H,2-5,9H2,1H3. The molecule has 1 aliphatic heterocycles. The Morgan fingerprint density at radius 2 is 2.15 bits per heavy atom. The highest BCUT2D eigenvalue weighted by molar-refractivity contribution is 7.91. The minimum absolute atomic E-state index is 0.212. The van der Waals surface area contributed by atoms with Crippen molar-refractivity contribution in [3.8, 4) is 0 Å². The van der Waals surface area contributed by atoms with Crippen LogP contribution in [-0.4, -0.2) is 48.8 Å². The highest BCUT2D eigenvalue weighted by Gasteiger charge is 2.28. The quantitative estimate of drug-likeness (QED) is 0.834. The third-order valence-electron chi connectivity index (χ3n) is 3.47. The van der Waals surface area contributed by atoms with E-state index in [0.717, 1.165) is 12.8 Å². The maximum absolute atomic E-state index is 12.4. The van der Waals surface area contributed by atoms with Gasteiger partial charge >= 0.3 is 0 Å². The summed E-state index contributed by atoms with van der Waals surface area (Å²) < 4.78 is 23.5. The predicted octanol–water partition coefficient (Wildman–Crippen LogP) is 1.77. The van der Waals surface area contributed by atoms with Crippen molar-refractivity contribution in [3.05, 3.63) is 29.0 Å². The Labute approximate surface area is 123 Å². The van der Waals surface area contributed by atoms with Crippen LogP contribution in [0.5, 0.6) is 0 Å². The summed E-state index contributed by atoms with van der Waals surface area (Å²) in [7, 11) is -3.14. The Hall–Kier alpha value is -1.14. The zero-order valence-electron chi connectivity index (χ0n) is 11.3. The largest absolute Gasteiger partial charge is 0.337 e. The van der Waals surface area contributed by atoms with Gasteiger partial charge in [-0.05, 0) is 18.9 Å². The molecule has 1 aromatic heterocycles. The Balaban J connectivity index is 2.20. The lowest BCUT2D eigenvalue weighted by Crippen LogP contribution is -2.39. The van der Waals surface area contributed by atoms with Crippen LogP contribution in [0.2, 0.25) is 5.02 Å². The van der Waals surface area contributed by atoms with E-state index in [2.05, 4.69) is 4.98 Å². The molecule has 0 radical (unpaired) electrons. The van der Waals surface area contributed by atoms with Gasteiger partial charge in [-0.2, -0.15) is 0 Å². The fraction of sp³-hybridized carbons (Fsp3) is 0.538. The van der Waals surface area contributed by atoms with Gasteiger partial charge in [0.25, 0.3) is 5.91 Å². The molecule has 1 saturated heterocycles. The third-order valence-corrected chi connectivity index (χ3v) is 5.28. The van der Waals surface area contributed by atoms with Crippen molar-refractivity contribution in [3.63, 3.8) is 0 Å². The molecule has 1 aliphatic rings. The van der Waals surface area contributed by atoms with Crippen LogP contribution in [0.1, 0.15) is 29.6 Å². The summed E-state index contributed by atoms with van der Waals surface area (Å²) in [6.07, 6.45) is 6.37. The molecule has 1 atom stereocenters. The highest BCUT2D eigenvalue weighted by atomic mass is 35.5. The molecule has 20 heavy (non-hydrogen) atoms. The second-order valence-electron chi connectivity index (χ2n) is 5.09.